The van der Waals surface area contributed by atoms with Crippen LogP contribution in [-0.2, 0) is 48.3 Å². The fourth-order valence-electron chi connectivity index (χ4n) is 3.99. The SMILES string of the molecule is CC(NC(=O)OCc1ccccc1)C(=O)NC(C)C(=O)NN(CC(N)=O)C(=O)/C=C/C(=O)N1CCc2ccccc2C1. The topological polar surface area (TPSA) is 180 Å². The largest absolute Gasteiger partial charge is 0.445 e. The molecule has 1 heterocycles. The number of carbonyl (C=O) groups excluding carboxylic acids is 6. The summed E-state index contributed by atoms with van der Waals surface area (Å²) in [5.74, 6) is -3.74. The summed E-state index contributed by atoms with van der Waals surface area (Å²) in [4.78, 5) is 75.7. The van der Waals surface area contributed by atoms with Gasteiger partial charge in [-0.05, 0) is 37.0 Å². The van der Waals surface area contributed by atoms with Gasteiger partial charge in [-0.1, -0.05) is 54.6 Å². The van der Waals surface area contributed by atoms with E-state index in [0.717, 1.165) is 28.8 Å². The molecule has 222 valence electrons. The van der Waals surface area contributed by atoms with E-state index < -0.39 is 54.3 Å². The molecule has 0 radical (unpaired) electrons. The molecule has 0 bridgehead atoms. The molecule has 0 aromatic heterocycles. The first-order valence-electron chi connectivity index (χ1n) is 13.2. The van der Waals surface area contributed by atoms with E-state index in [1.54, 1.807) is 29.2 Å². The molecular weight excluding hydrogens is 544 g/mol. The minimum atomic E-state index is -1.18. The molecule has 0 aliphatic carbocycles. The van der Waals surface area contributed by atoms with Crippen LogP contribution in [0.3, 0.4) is 0 Å². The molecule has 5 N–H and O–H groups in total. The fourth-order valence-corrected chi connectivity index (χ4v) is 3.99. The average Bonchev–Trinajstić information content (AvgIpc) is 2.98. The Morgan fingerprint density at radius 3 is 2.24 bits per heavy atom. The van der Waals surface area contributed by atoms with Gasteiger partial charge in [0.1, 0.15) is 25.2 Å². The summed E-state index contributed by atoms with van der Waals surface area (Å²) >= 11 is 0. The third-order valence-corrected chi connectivity index (χ3v) is 6.33. The van der Waals surface area contributed by atoms with Gasteiger partial charge in [-0.25, -0.2) is 9.80 Å². The number of ether oxygens (including phenoxy) is 1. The van der Waals surface area contributed by atoms with Gasteiger partial charge in [0.25, 0.3) is 11.8 Å². The molecule has 42 heavy (non-hydrogen) atoms. The van der Waals surface area contributed by atoms with Crippen LogP contribution in [0.5, 0.6) is 0 Å². The number of hydrogen-bond donors (Lipinski definition) is 4. The Morgan fingerprint density at radius 1 is 0.905 bits per heavy atom. The maximum atomic E-state index is 12.7. The second-order valence-electron chi connectivity index (χ2n) is 9.64. The van der Waals surface area contributed by atoms with Crippen LogP contribution in [0.4, 0.5) is 4.79 Å². The number of carbonyl (C=O) groups is 6. The molecule has 2 aromatic carbocycles. The van der Waals surface area contributed by atoms with Gasteiger partial charge >= 0.3 is 6.09 Å². The van der Waals surface area contributed by atoms with Crippen molar-refractivity contribution in [1.82, 2.24) is 26.0 Å². The zero-order valence-electron chi connectivity index (χ0n) is 23.4. The number of alkyl carbamates (subject to hydrolysis) is 1. The number of amides is 6. The molecule has 0 fully saturated rings. The Bertz CT molecular complexity index is 1350. The highest BCUT2D eigenvalue weighted by Crippen LogP contribution is 2.18. The number of nitrogens with two attached hydrogens (primary N) is 1. The maximum Gasteiger partial charge on any atom is 0.408 e. The van der Waals surface area contributed by atoms with E-state index in [1.165, 1.54) is 13.8 Å². The van der Waals surface area contributed by atoms with Gasteiger partial charge in [0.2, 0.25) is 17.7 Å². The summed E-state index contributed by atoms with van der Waals surface area (Å²) in [6.45, 7) is 2.95. The van der Waals surface area contributed by atoms with E-state index in [4.69, 9.17) is 10.5 Å². The minimum Gasteiger partial charge on any atom is -0.445 e. The lowest BCUT2D eigenvalue weighted by molar-refractivity contribution is -0.142. The van der Waals surface area contributed by atoms with Crippen molar-refractivity contribution in [1.29, 1.82) is 0 Å². The summed E-state index contributed by atoms with van der Waals surface area (Å²) < 4.78 is 5.08. The maximum absolute atomic E-state index is 12.7. The first-order valence-corrected chi connectivity index (χ1v) is 13.2. The number of primary amides is 1. The van der Waals surface area contributed by atoms with E-state index in [1.807, 2.05) is 30.3 Å². The standard InChI is InChI=1S/C29H34N6O7/c1-19(32-29(41)42-18-21-8-4-3-5-9-21)27(39)31-20(2)28(40)33-35(17-24(30)36)26(38)13-12-25(37)34-15-14-22-10-6-7-11-23(22)16-34/h3-13,19-20H,14-18H2,1-2H3,(H2,30,36)(H,31,39)(H,32,41)(H,33,40)/b13-12+. The summed E-state index contributed by atoms with van der Waals surface area (Å²) in [6, 6.07) is 14.5. The van der Waals surface area contributed by atoms with Gasteiger partial charge in [0, 0.05) is 25.2 Å². The smallest absolute Gasteiger partial charge is 0.408 e. The van der Waals surface area contributed by atoms with E-state index in [2.05, 4.69) is 16.1 Å². The van der Waals surface area contributed by atoms with Crippen molar-refractivity contribution >= 4 is 35.6 Å². The van der Waals surface area contributed by atoms with Gasteiger partial charge in [-0.3, -0.25) is 29.4 Å². The van der Waals surface area contributed by atoms with Crippen molar-refractivity contribution in [3.05, 3.63) is 83.4 Å². The van der Waals surface area contributed by atoms with Crippen LogP contribution in [0, 0.1) is 0 Å². The first kappa shape index (κ1) is 31.3. The fraction of sp³-hybridized carbons (Fsp3) is 0.310. The first-order chi connectivity index (χ1) is 20.0. The van der Waals surface area contributed by atoms with Crippen molar-refractivity contribution in [2.45, 2.75) is 45.5 Å². The predicted octanol–water partition coefficient (Wildman–Crippen LogP) is 0.292. The number of hydrazine groups is 1. The van der Waals surface area contributed by atoms with Crippen molar-refractivity contribution in [2.24, 2.45) is 5.73 Å². The average molecular weight is 579 g/mol. The number of fused-ring (bicyclic) bond motifs is 1. The van der Waals surface area contributed by atoms with Gasteiger partial charge in [-0.15, -0.1) is 0 Å². The van der Waals surface area contributed by atoms with E-state index in [9.17, 15) is 28.8 Å². The molecule has 3 rings (SSSR count). The summed E-state index contributed by atoms with van der Waals surface area (Å²) in [6.07, 6.45) is 1.85. The van der Waals surface area contributed by atoms with E-state index in [0.29, 0.717) is 24.5 Å². The molecule has 2 unspecified atom stereocenters. The van der Waals surface area contributed by atoms with Gasteiger partial charge in [-0.2, -0.15) is 0 Å². The van der Waals surface area contributed by atoms with Gasteiger partial charge in [0.05, 0.1) is 0 Å². The van der Waals surface area contributed by atoms with Crippen molar-refractivity contribution < 1.29 is 33.5 Å². The molecule has 13 heteroatoms. The number of benzene rings is 2. The molecule has 0 saturated carbocycles. The number of nitrogens with zero attached hydrogens (tertiary/aromatic N) is 2. The third-order valence-electron chi connectivity index (χ3n) is 6.33. The lowest BCUT2D eigenvalue weighted by Crippen LogP contribution is -2.56. The highest BCUT2D eigenvalue weighted by Gasteiger charge is 2.25. The van der Waals surface area contributed by atoms with E-state index in [-0.39, 0.29) is 6.61 Å². The lowest BCUT2D eigenvalue weighted by Gasteiger charge is -2.28. The molecule has 0 spiro atoms. The summed E-state index contributed by atoms with van der Waals surface area (Å²) in [7, 11) is 0. The number of nitrogens with one attached hydrogen (secondary N) is 3. The Kier molecular flexibility index (Phi) is 11.2. The van der Waals surface area contributed by atoms with Crippen LogP contribution in [0.25, 0.3) is 0 Å². The van der Waals surface area contributed by atoms with Crippen molar-refractivity contribution in [3.63, 3.8) is 0 Å². The van der Waals surface area contributed by atoms with Gasteiger partial charge < -0.3 is 26.0 Å². The quantitative estimate of drug-likeness (QED) is 0.231. The minimum absolute atomic E-state index is 0.00950. The van der Waals surface area contributed by atoms with Crippen LogP contribution in [0.15, 0.2) is 66.7 Å². The van der Waals surface area contributed by atoms with Gasteiger partial charge in [0.15, 0.2) is 0 Å². The lowest BCUT2D eigenvalue weighted by atomic mass is 10.00. The van der Waals surface area contributed by atoms with E-state index >= 15 is 0 Å². The zero-order chi connectivity index (χ0) is 30.6. The summed E-state index contributed by atoms with van der Waals surface area (Å²) in [5.41, 5.74) is 10.4. The summed E-state index contributed by atoms with van der Waals surface area (Å²) in [5, 5.41) is 5.41. The molecule has 1 aliphatic heterocycles. The molecule has 2 aromatic rings. The van der Waals surface area contributed by atoms with Crippen LogP contribution in [0.1, 0.15) is 30.5 Å². The molecule has 0 saturated heterocycles. The highest BCUT2D eigenvalue weighted by atomic mass is 16.5. The second kappa shape index (κ2) is 15.0. The molecule has 6 amide bonds. The Hall–Kier alpha value is -5.20. The highest BCUT2D eigenvalue weighted by molar-refractivity contribution is 5.99. The zero-order valence-corrected chi connectivity index (χ0v) is 23.4. The molecule has 2 atom stereocenters. The second-order valence-corrected chi connectivity index (χ2v) is 9.64. The molecule has 1 aliphatic rings. The van der Waals surface area contributed by atoms with Crippen LogP contribution in [-0.4, -0.2) is 70.7 Å². The molecular formula is C29H34N6O7. The van der Waals surface area contributed by atoms with Crippen molar-refractivity contribution in [2.75, 3.05) is 13.1 Å². The normalized spacial score (nSPS) is 13.7. The van der Waals surface area contributed by atoms with Crippen molar-refractivity contribution in [3.8, 4) is 0 Å². The number of hydrogen-bond acceptors (Lipinski definition) is 7. The third kappa shape index (κ3) is 9.47. The number of rotatable bonds is 10. The molecule has 13 nitrogen and oxygen atoms in total. The monoisotopic (exact) mass is 578 g/mol. The predicted molar refractivity (Wildman–Crippen MR) is 151 cm³/mol. The Morgan fingerprint density at radius 2 is 1.55 bits per heavy atom. The Balaban J connectivity index is 1.50. The van der Waals surface area contributed by atoms with Crippen LogP contribution < -0.4 is 21.8 Å². The Labute approximate surface area is 243 Å². The van der Waals surface area contributed by atoms with Crippen LogP contribution in [0.2, 0.25) is 0 Å². The van der Waals surface area contributed by atoms with Crippen LogP contribution >= 0.6 is 0 Å².